The van der Waals surface area contributed by atoms with Crippen LogP contribution in [0.15, 0.2) is 47.4 Å². The third kappa shape index (κ3) is 7.54. The molecule has 2 N–H and O–H groups in total. The van der Waals surface area contributed by atoms with Gasteiger partial charge in [-0.15, -0.1) is 0 Å². The van der Waals surface area contributed by atoms with Gasteiger partial charge in [-0.05, 0) is 85.8 Å². The molecule has 3 aliphatic rings. The zero-order valence-electron chi connectivity index (χ0n) is 27.7. The minimum atomic E-state index is -4.02. The third-order valence-electron chi connectivity index (χ3n) is 9.51. The van der Waals surface area contributed by atoms with Crippen molar-refractivity contribution in [1.29, 1.82) is 0 Å². The van der Waals surface area contributed by atoms with E-state index in [4.69, 9.17) is 0 Å². The van der Waals surface area contributed by atoms with Gasteiger partial charge in [0.15, 0.2) is 0 Å². The lowest BCUT2D eigenvalue weighted by molar-refractivity contribution is -0.139. The van der Waals surface area contributed by atoms with Gasteiger partial charge in [0.2, 0.25) is 33.7 Å². The largest absolute Gasteiger partial charge is 0.352 e. The lowest BCUT2D eigenvalue weighted by atomic mass is 9.75. The number of nitrogens with one attached hydrogen (secondary N) is 2. The van der Waals surface area contributed by atoms with E-state index in [1.54, 1.807) is 17.0 Å². The first kappa shape index (κ1) is 34.6. The summed E-state index contributed by atoms with van der Waals surface area (Å²) in [7, 11) is -4.02. The second-order valence-corrected chi connectivity index (χ2v) is 15.2. The normalized spacial score (nSPS) is 21.9. The van der Waals surface area contributed by atoms with E-state index in [1.165, 1.54) is 22.2 Å². The molecule has 0 radical (unpaired) electrons. The summed E-state index contributed by atoms with van der Waals surface area (Å²) in [5.74, 6) is -0.804. The number of aryl methyl sites for hydroxylation is 2. The predicted octanol–water partition coefficient (Wildman–Crippen LogP) is 3.11. The first-order valence-electron chi connectivity index (χ1n) is 16.8. The minimum absolute atomic E-state index is 0.0122. The van der Waals surface area contributed by atoms with Crippen molar-refractivity contribution < 1.29 is 27.6 Å². The molecule has 1 saturated heterocycles. The fourth-order valence-corrected chi connectivity index (χ4v) is 8.52. The Morgan fingerprint density at radius 1 is 0.936 bits per heavy atom. The van der Waals surface area contributed by atoms with E-state index in [9.17, 15) is 27.6 Å². The molecule has 1 fully saturated rings. The van der Waals surface area contributed by atoms with Gasteiger partial charge in [0.05, 0.1) is 11.4 Å². The Labute approximate surface area is 278 Å². The Morgan fingerprint density at radius 3 is 2.45 bits per heavy atom. The Balaban J connectivity index is 1.46. The lowest BCUT2D eigenvalue weighted by Gasteiger charge is -2.39. The minimum Gasteiger partial charge on any atom is -0.352 e. The fourth-order valence-electron chi connectivity index (χ4n) is 6.98. The van der Waals surface area contributed by atoms with Crippen LogP contribution in [0.1, 0.15) is 76.0 Å². The van der Waals surface area contributed by atoms with Crippen molar-refractivity contribution in [3.8, 4) is 0 Å². The van der Waals surface area contributed by atoms with E-state index in [0.717, 1.165) is 35.2 Å². The van der Waals surface area contributed by atoms with Crippen molar-refractivity contribution in [2.24, 2.45) is 5.92 Å². The number of benzene rings is 2. The monoisotopic (exact) mass is 665 g/mol. The third-order valence-corrected chi connectivity index (χ3v) is 11.4. The van der Waals surface area contributed by atoms with E-state index in [2.05, 4.69) is 10.6 Å². The van der Waals surface area contributed by atoms with Gasteiger partial charge in [0.1, 0.15) is 5.54 Å². The molecule has 1 atom stereocenters. The Kier molecular flexibility index (Phi) is 10.7. The van der Waals surface area contributed by atoms with Gasteiger partial charge in [-0.2, -0.15) is 4.31 Å². The highest BCUT2D eigenvalue weighted by molar-refractivity contribution is 7.89. The van der Waals surface area contributed by atoms with Gasteiger partial charge in [0, 0.05) is 51.8 Å². The van der Waals surface area contributed by atoms with Gasteiger partial charge in [-0.3, -0.25) is 19.2 Å². The average molecular weight is 666 g/mol. The number of anilines is 1. The Bertz CT molecular complexity index is 1630. The molecule has 1 aliphatic carbocycles. The van der Waals surface area contributed by atoms with Crippen molar-refractivity contribution in [2.75, 3.05) is 44.2 Å². The van der Waals surface area contributed by atoms with E-state index >= 15 is 0 Å². The Morgan fingerprint density at radius 2 is 1.68 bits per heavy atom. The van der Waals surface area contributed by atoms with E-state index in [-0.39, 0.29) is 55.7 Å². The topological polar surface area (TPSA) is 136 Å². The summed E-state index contributed by atoms with van der Waals surface area (Å²) in [6.07, 6.45) is 4.28. The first-order valence-corrected chi connectivity index (χ1v) is 18.2. The second-order valence-electron chi connectivity index (χ2n) is 13.3. The van der Waals surface area contributed by atoms with Crippen LogP contribution in [0.5, 0.6) is 0 Å². The molecular weight excluding hydrogens is 618 g/mol. The average Bonchev–Trinajstić information content (AvgIpc) is 3.04. The summed E-state index contributed by atoms with van der Waals surface area (Å²) < 4.78 is 29.6. The molecule has 11 nitrogen and oxygen atoms in total. The number of hydrogen-bond donors (Lipinski definition) is 2. The molecule has 1 spiro atoms. The van der Waals surface area contributed by atoms with Crippen molar-refractivity contribution in [2.45, 2.75) is 82.6 Å². The second kappa shape index (κ2) is 14.6. The van der Waals surface area contributed by atoms with Gasteiger partial charge in [-0.1, -0.05) is 38.1 Å². The van der Waals surface area contributed by atoms with E-state index < -0.39 is 27.4 Å². The van der Waals surface area contributed by atoms with Crippen molar-refractivity contribution >= 4 is 39.3 Å². The summed E-state index contributed by atoms with van der Waals surface area (Å²) in [5.41, 5.74) is 1.88. The van der Waals surface area contributed by atoms with Crippen LogP contribution in [0, 0.1) is 5.92 Å². The smallest absolute Gasteiger partial charge is 0.250 e. The van der Waals surface area contributed by atoms with Crippen LogP contribution in [0.25, 0.3) is 0 Å². The maximum Gasteiger partial charge on any atom is 0.250 e. The highest BCUT2D eigenvalue weighted by Crippen LogP contribution is 2.36. The van der Waals surface area contributed by atoms with Crippen molar-refractivity contribution in [1.82, 2.24) is 19.8 Å². The Hall–Kier alpha value is -3.77. The SMILES string of the molecule is CC(=O)N1CCCc2cc(S(=O)(=O)N3CCCC(=O)N(CCC(C)C)CC(=O)NC4(CCCc5ccccc54)C(=O)NCC3)ccc21. The highest BCUT2D eigenvalue weighted by Gasteiger charge is 2.45. The number of carbonyl (C=O) groups is 4. The number of fused-ring (bicyclic) bond motifs is 3. The van der Waals surface area contributed by atoms with Crippen LogP contribution < -0.4 is 15.5 Å². The zero-order valence-corrected chi connectivity index (χ0v) is 28.5. The van der Waals surface area contributed by atoms with Crippen LogP contribution in [0.4, 0.5) is 5.69 Å². The molecule has 0 saturated carbocycles. The van der Waals surface area contributed by atoms with Crippen molar-refractivity contribution in [3.63, 3.8) is 0 Å². The summed E-state index contributed by atoms with van der Waals surface area (Å²) in [6.45, 7) is 6.47. The van der Waals surface area contributed by atoms with E-state index in [0.29, 0.717) is 44.7 Å². The maximum atomic E-state index is 14.1. The van der Waals surface area contributed by atoms with Crippen LogP contribution in [-0.2, 0) is 47.6 Å². The van der Waals surface area contributed by atoms with Gasteiger partial charge in [0.25, 0.3) is 0 Å². The first-order chi connectivity index (χ1) is 22.4. The number of rotatable bonds is 5. The molecule has 2 aromatic carbocycles. The van der Waals surface area contributed by atoms with Crippen LogP contribution in [0.2, 0.25) is 0 Å². The van der Waals surface area contributed by atoms with Gasteiger partial charge < -0.3 is 20.4 Å². The molecule has 254 valence electrons. The van der Waals surface area contributed by atoms with E-state index in [1.807, 2.05) is 38.1 Å². The number of amides is 4. The standard InChI is InChI=1S/C35H47N5O6S/c1-25(2)16-21-38-24-32(42)37-35(17-6-10-27-9-4-5-12-30(27)35)34(44)36-18-22-39(19-8-13-33(38)43)47(45,46)29-14-15-31-28(23-29)11-7-20-40(31)26(3)41/h4-5,9,12,14-15,23,25H,6-8,10-11,13,16-22,24H2,1-3H3,(H,36,44)(H,37,42). The molecular formula is C35H47N5O6S. The molecule has 2 aliphatic heterocycles. The maximum absolute atomic E-state index is 14.1. The van der Waals surface area contributed by atoms with Gasteiger partial charge in [-0.25, -0.2) is 8.42 Å². The molecule has 12 heteroatoms. The molecule has 0 aromatic heterocycles. The summed E-state index contributed by atoms with van der Waals surface area (Å²) >= 11 is 0. The number of carbonyl (C=O) groups excluding carboxylic acids is 4. The van der Waals surface area contributed by atoms with Crippen molar-refractivity contribution in [3.05, 3.63) is 59.2 Å². The molecule has 2 aromatic rings. The molecule has 0 bridgehead atoms. The highest BCUT2D eigenvalue weighted by atomic mass is 32.2. The predicted molar refractivity (Wildman–Crippen MR) is 179 cm³/mol. The molecule has 47 heavy (non-hydrogen) atoms. The van der Waals surface area contributed by atoms with Crippen LogP contribution >= 0.6 is 0 Å². The number of nitrogens with zero attached hydrogens (tertiary/aromatic N) is 3. The molecule has 5 rings (SSSR count). The zero-order chi connectivity index (χ0) is 33.8. The summed E-state index contributed by atoms with van der Waals surface area (Å²) in [5, 5.41) is 5.99. The summed E-state index contributed by atoms with van der Waals surface area (Å²) in [4.78, 5) is 56.7. The molecule has 1 unspecified atom stereocenters. The molecule has 4 amide bonds. The molecule has 2 heterocycles. The van der Waals surface area contributed by atoms with Crippen LogP contribution in [0.3, 0.4) is 0 Å². The number of sulfonamides is 1. The number of hydrogen-bond acceptors (Lipinski definition) is 6. The lowest BCUT2D eigenvalue weighted by Crippen LogP contribution is -2.60. The summed E-state index contributed by atoms with van der Waals surface area (Å²) in [6, 6.07) is 12.4. The quantitative estimate of drug-likeness (QED) is 0.504. The van der Waals surface area contributed by atoms with Gasteiger partial charge >= 0.3 is 0 Å². The van der Waals surface area contributed by atoms with Crippen LogP contribution in [-0.4, -0.2) is 80.5 Å². The fraction of sp³-hybridized carbons (Fsp3) is 0.543.